The van der Waals surface area contributed by atoms with Crippen LogP contribution >= 0.6 is 0 Å². The normalized spacial score (nSPS) is 11.2. The van der Waals surface area contributed by atoms with Crippen molar-refractivity contribution in [3.05, 3.63) is 60.4 Å². The van der Waals surface area contributed by atoms with Crippen LogP contribution in [0.3, 0.4) is 0 Å². The molecular formula is C23H24FN5. The molecule has 0 aliphatic heterocycles. The first-order valence-electron chi connectivity index (χ1n) is 10.0. The molecule has 2 aromatic heterocycles. The van der Waals surface area contributed by atoms with Gasteiger partial charge in [-0.15, -0.1) is 0 Å². The van der Waals surface area contributed by atoms with Crippen molar-refractivity contribution < 1.29 is 4.39 Å². The predicted octanol–water partition coefficient (Wildman–Crippen LogP) is 5.46. The Bertz CT molecular complexity index is 1120. The van der Waals surface area contributed by atoms with Gasteiger partial charge in [-0.2, -0.15) is 0 Å². The quantitative estimate of drug-likeness (QED) is 0.426. The molecule has 6 heteroatoms. The third kappa shape index (κ3) is 4.11. The van der Waals surface area contributed by atoms with Gasteiger partial charge in [-0.3, -0.25) is 0 Å². The van der Waals surface area contributed by atoms with Crippen LogP contribution in [-0.4, -0.2) is 19.5 Å². The fourth-order valence-electron chi connectivity index (χ4n) is 3.54. The van der Waals surface area contributed by atoms with Gasteiger partial charge in [-0.1, -0.05) is 38.3 Å². The Morgan fingerprint density at radius 1 is 0.897 bits per heavy atom. The van der Waals surface area contributed by atoms with Gasteiger partial charge in [0.1, 0.15) is 11.5 Å². The summed E-state index contributed by atoms with van der Waals surface area (Å²) in [5.74, 6) is 0.663. The molecule has 0 radical (unpaired) electrons. The van der Waals surface area contributed by atoms with E-state index in [0.29, 0.717) is 11.4 Å². The molecule has 0 amide bonds. The lowest BCUT2D eigenvalue weighted by molar-refractivity contribution is 0.594. The first-order valence-corrected chi connectivity index (χ1v) is 10.0. The van der Waals surface area contributed by atoms with Crippen molar-refractivity contribution in [1.82, 2.24) is 19.5 Å². The molecule has 0 bridgehead atoms. The van der Waals surface area contributed by atoms with Gasteiger partial charge in [0, 0.05) is 12.1 Å². The first kappa shape index (κ1) is 19.1. The van der Waals surface area contributed by atoms with E-state index in [1.54, 1.807) is 12.1 Å². The number of fused-ring (bicyclic) bond motifs is 1. The van der Waals surface area contributed by atoms with Crippen molar-refractivity contribution in [2.24, 2.45) is 0 Å². The Labute approximate surface area is 169 Å². The van der Waals surface area contributed by atoms with E-state index in [1.807, 2.05) is 24.3 Å². The lowest BCUT2D eigenvalue weighted by Crippen LogP contribution is -2.05. The topological polar surface area (TPSA) is 69.6 Å². The van der Waals surface area contributed by atoms with Gasteiger partial charge in [0.05, 0.1) is 16.7 Å². The van der Waals surface area contributed by atoms with Gasteiger partial charge in [-0.25, -0.2) is 19.3 Å². The highest BCUT2D eigenvalue weighted by Crippen LogP contribution is 2.28. The minimum absolute atomic E-state index is 0.173. The van der Waals surface area contributed by atoms with Gasteiger partial charge >= 0.3 is 0 Å². The van der Waals surface area contributed by atoms with Crippen LogP contribution in [0, 0.1) is 5.82 Å². The maximum Gasteiger partial charge on any atom is 0.221 e. The Hall–Kier alpha value is -3.28. The average molecular weight is 389 g/mol. The van der Waals surface area contributed by atoms with Crippen molar-refractivity contribution >= 4 is 17.0 Å². The van der Waals surface area contributed by atoms with E-state index in [0.717, 1.165) is 35.4 Å². The molecule has 0 aliphatic rings. The van der Waals surface area contributed by atoms with Crippen LogP contribution in [0.25, 0.3) is 33.8 Å². The van der Waals surface area contributed by atoms with Crippen molar-refractivity contribution in [1.29, 1.82) is 0 Å². The first-order chi connectivity index (χ1) is 14.2. The number of nitrogens with two attached hydrogens (primary N) is 1. The van der Waals surface area contributed by atoms with Crippen LogP contribution < -0.4 is 5.73 Å². The number of aromatic nitrogens is 4. The number of unbranched alkanes of at least 4 members (excludes halogenated alkanes) is 3. The van der Waals surface area contributed by atoms with Crippen LogP contribution in [0.15, 0.2) is 54.6 Å². The van der Waals surface area contributed by atoms with E-state index in [9.17, 15) is 4.39 Å². The summed E-state index contributed by atoms with van der Waals surface area (Å²) >= 11 is 0. The molecule has 0 atom stereocenters. The van der Waals surface area contributed by atoms with Gasteiger partial charge in [0.15, 0.2) is 5.82 Å². The highest BCUT2D eigenvalue weighted by Gasteiger charge is 2.16. The van der Waals surface area contributed by atoms with Crippen molar-refractivity contribution in [3.8, 4) is 22.8 Å². The zero-order chi connectivity index (χ0) is 20.2. The zero-order valence-corrected chi connectivity index (χ0v) is 16.5. The van der Waals surface area contributed by atoms with Gasteiger partial charge < -0.3 is 10.3 Å². The summed E-state index contributed by atoms with van der Waals surface area (Å²) in [5, 5.41) is 0. The van der Waals surface area contributed by atoms with Crippen LogP contribution in [-0.2, 0) is 6.54 Å². The number of rotatable bonds is 7. The van der Waals surface area contributed by atoms with E-state index < -0.39 is 0 Å². The number of hydrogen-bond acceptors (Lipinski definition) is 4. The number of nitrogens with zero attached hydrogens (tertiary/aromatic N) is 4. The molecule has 0 unspecified atom stereocenters. The standard InChI is InChI=1S/C23H24FN5/c1-2-3-4-7-14-29-21-9-6-5-8-18(21)26-22(29)20-15-19(27-23(25)28-20)16-10-12-17(24)13-11-16/h5-6,8-13,15H,2-4,7,14H2,1H3,(H2,25,27,28). The second-order valence-corrected chi connectivity index (χ2v) is 7.14. The number of anilines is 1. The number of aryl methyl sites for hydroxylation is 1. The van der Waals surface area contributed by atoms with Gasteiger partial charge in [0.25, 0.3) is 0 Å². The molecule has 2 N–H and O–H groups in total. The average Bonchev–Trinajstić information content (AvgIpc) is 3.10. The molecule has 5 nitrogen and oxygen atoms in total. The molecule has 0 saturated carbocycles. The largest absolute Gasteiger partial charge is 0.368 e. The Morgan fingerprint density at radius 2 is 1.66 bits per heavy atom. The molecule has 2 aromatic carbocycles. The number of imidazole rings is 1. The molecule has 0 aliphatic carbocycles. The Kier molecular flexibility index (Phi) is 5.51. The maximum absolute atomic E-state index is 13.3. The SMILES string of the molecule is CCCCCCn1c(-c2cc(-c3ccc(F)cc3)nc(N)n2)nc2ccccc21. The van der Waals surface area contributed by atoms with Crippen molar-refractivity contribution in [3.63, 3.8) is 0 Å². The summed E-state index contributed by atoms with van der Waals surface area (Å²) in [4.78, 5) is 13.6. The number of halogens is 1. The Morgan fingerprint density at radius 3 is 2.45 bits per heavy atom. The number of hydrogen-bond donors (Lipinski definition) is 1. The second kappa shape index (κ2) is 8.39. The van der Waals surface area contributed by atoms with Crippen LogP contribution in [0.4, 0.5) is 10.3 Å². The smallest absolute Gasteiger partial charge is 0.221 e. The summed E-state index contributed by atoms with van der Waals surface area (Å²) in [6.07, 6.45) is 4.67. The van der Waals surface area contributed by atoms with E-state index in [4.69, 9.17) is 10.7 Å². The van der Waals surface area contributed by atoms with Gasteiger partial charge in [0.2, 0.25) is 5.95 Å². The van der Waals surface area contributed by atoms with Crippen LogP contribution in [0.2, 0.25) is 0 Å². The second-order valence-electron chi connectivity index (χ2n) is 7.14. The highest BCUT2D eigenvalue weighted by molar-refractivity contribution is 5.80. The predicted molar refractivity (Wildman–Crippen MR) is 115 cm³/mol. The van der Waals surface area contributed by atoms with E-state index in [2.05, 4.69) is 27.5 Å². The zero-order valence-electron chi connectivity index (χ0n) is 16.5. The summed E-state index contributed by atoms with van der Waals surface area (Å²) in [5.41, 5.74) is 10.1. The van der Waals surface area contributed by atoms with E-state index in [1.165, 1.54) is 31.4 Å². The molecule has 2 heterocycles. The maximum atomic E-state index is 13.3. The minimum Gasteiger partial charge on any atom is -0.368 e. The fraction of sp³-hybridized carbons (Fsp3) is 0.261. The number of para-hydroxylation sites is 2. The summed E-state index contributed by atoms with van der Waals surface area (Å²) < 4.78 is 15.5. The fourth-order valence-corrected chi connectivity index (χ4v) is 3.54. The Balaban J connectivity index is 1.78. The minimum atomic E-state index is -0.287. The monoisotopic (exact) mass is 389 g/mol. The molecule has 148 valence electrons. The lowest BCUT2D eigenvalue weighted by atomic mass is 10.1. The van der Waals surface area contributed by atoms with Crippen LogP contribution in [0.5, 0.6) is 0 Å². The number of benzene rings is 2. The third-order valence-electron chi connectivity index (χ3n) is 5.00. The molecule has 4 aromatic rings. The lowest BCUT2D eigenvalue weighted by Gasteiger charge is -2.10. The molecular weight excluding hydrogens is 365 g/mol. The summed E-state index contributed by atoms with van der Waals surface area (Å²) in [6.45, 7) is 3.07. The summed E-state index contributed by atoms with van der Waals surface area (Å²) in [6, 6.07) is 16.2. The van der Waals surface area contributed by atoms with Crippen LogP contribution in [0.1, 0.15) is 32.6 Å². The number of nitrogen functional groups attached to an aromatic ring is 1. The molecule has 29 heavy (non-hydrogen) atoms. The van der Waals surface area contributed by atoms with E-state index in [-0.39, 0.29) is 11.8 Å². The molecule has 0 fully saturated rings. The third-order valence-corrected chi connectivity index (χ3v) is 5.00. The molecule has 4 rings (SSSR count). The van der Waals surface area contributed by atoms with E-state index >= 15 is 0 Å². The molecule has 0 spiro atoms. The van der Waals surface area contributed by atoms with Gasteiger partial charge in [-0.05, 0) is 48.9 Å². The highest BCUT2D eigenvalue weighted by atomic mass is 19.1. The van der Waals surface area contributed by atoms with Crippen molar-refractivity contribution in [2.75, 3.05) is 5.73 Å². The van der Waals surface area contributed by atoms with Crippen molar-refractivity contribution in [2.45, 2.75) is 39.2 Å². The molecule has 0 saturated heterocycles. The summed E-state index contributed by atoms with van der Waals surface area (Å²) in [7, 11) is 0.